The van der Waals surface area contributed by atoms with Gasteiger partial charge in [-0.25, -0.2) is 4.79 Å². The molecule has 0 radical (unpaired) electrons. The number of hydrogen-bond donors (Lipinski definition) is 3. The Labute approximate surface area is 169 Å². The monoisotopic (exact) mass is 401 g/mol. The van der Waals surface area contributed by atoms with Crippen LogP contribution in [0.25, 0.3) is 0 Å². The highest BCUT2D eigenvalue weighted by molar-refractivity contribution is 6.07. The van der Waals surface area contributed by atoms with Gasteiger partial charge in [0.15, 0.2) is 5.79 Å². The molecule has 2 heterocycles. The van der Waals surface area contributed by atoms with Crippen molar-refractivity contribution in [1.29, 1.82) is 0 Å². The van der Waals surface area contributed by atoms with Crippen molar-refractivity contribution in [2.24, 2.45) is 5.92 Å². The standard InChI is InChI=1S/C21H27N3O5/c1-20(18(26)23-19(27)24-20)16-4-2-15(3-5-16)13-22-17(25)12-14-6-8-21(9-7-14)28-10-11-29-21/h2-5,14H,6-13H2,1H3,(H,22,25)(H2,23,24,26,27). The molecule has 1 aromatic carbocycles. The Hall–Kier alpha value is -2.45. The summed E-state index contributed by atoms with van der Waals surface area (Å²) in [6.45, 7) is 3.43. The molecule has 0 aromatic heterocycles. The summed E-state index contributed by atoms with van der Waals surface area (Å²) >= 11 is 0. The van der Waals surface area contributed by atoms with Crippen LogP contribution in [0.15, 0.2) is 24.3 Å². The highest BCUT2D eigenvalue weighted by Crippen LogP contribution is 2.39. The molecule has 1 aliphatic carbocycles. The molecular formula is C21H27N3O5. The van der Waals surface area contributed by atoms with Crippen LogP contribution < -0.4 is 16.0 Å². The molecule has 2 saturated heterocycles. The zero-order valence-electron chi connectivity index (χ0n) is 16.6. The van der Waals surface area contributed by atoms with Gasteiger partial charge in [-0.2, -0.15) is 0 Å². The summed E-state index contributed by atoms with van der Waals surface area (Å²) in [6, 6.07) is 6.83. The lowest BCUT2D eigenvalue weighted by atomic mass is 9.83. The third kappa shape index (κ3) is 4.13. The number of hydrogen-bond acceptors (Lipinski definition) is 5. The lowest BCUT2D eigenvalue weighted by Gasteiger charge is -2.35. The molecule has 1 unspecified atom stereocenters. The summed E-state index contributed by atoms with van der Waals surface area (Å²) in [5, 5.41) is 7.87. The summed E-state index contributed by atoms with van der Waals surface area (Å²) in [6.07, 6.45) is 4.10. The first-order valence-electron chi connectivity index (χ1n) is 10.2. The van der Waals surface area contributed by atoms with Crippen molar-refractivity contribution < 1.29 is 23.9 Å². The molecule has 4 rings (SSSR count). The second-order valence-electron chi connectivity index (χ2n) is 8.26. The zero-order valence-corrected chi connectivity index (χ0v) is 16.6. The van der Waals surface area contributed by atoms with Crippen LogP contribution in [0.4, 0.5) is 4.79 Å². The van der Waals surface area contributed by atoms with E-state index in [1.165, 1.54) is 0 Å². The van der Waals surface area contributed by atoms with Gasteiger partial charge in [0.1, 0.15) is 5.54 Å². The van der Waals surface area contributed by atoms with Gasteiger partial charge >= 0.3 is 6.03 Å². The Balaban J connectivity index is 1.25. The normalized spacial score (nSPS) is 26.4. The van der Waals surface area contributed by atoms with Crippen LogP contribution in [0.1, 0.15) is 50.2 Å². The molecule has 8 nitrogen and oxygen atoms in total. The number of imide groups is 1. The van der Waals surface area contributed by atoms with Gasteiger partial charge in [0.25, 0.3) is 5.91 Å². The van der Waals surface area contributed by atoms with Crippen LogP contribution >= 0.6 is 0 Å². The second kappa shape index (κ2) is 7.76. The first-order chi connectivity index (χ1) is 13.9. The van der Waals surface area contributed by atoms with E-state index in [0.717, 1.165) is 31.2 Å². The lowest BCUT2D eigenvalue weighted by molar-refractivity contribution is -0.183. The lowest BCUT2D eigenvalue weighted by Crippen LogP contribution is -2.40. The van der Waals surface area contributed by atoms with E-state index in [2.05, 4.69) is 16.0 Å². The molecule has 2 aliphatic heterocycles. The van der Waals surface area contributed by atoms with Crippen molar-refractivity contribution in [3.63, 3.8) is 0 Å². The molecule has 29 heavy (non-hydrogen) atoms. The summed E-state index contributed by atoms with van der Waals surface area (Å²) in [7, 11) is 0. The average Bonchev–Trinajstić information content (AvgIpc) is 3.27. The van der Waals surface area contributed by atoms with Crippen LogP contribution in [-0.4, -0.2) is 36.8 Å². The number of amides is 4. The Morgan fingerprint density at radius 1 is 1.14 bits per heavy atom. The number of urea groups is 1. The molecule has 0 bridgehead atoms. The van der Waals surface area contributed by atoms with Gasteiger partial charge in [0.2, 0.25) is 5.91 Å². The summed E-state index contributed by atoms with van der Waals surface area (Å²) in [5.74, 6) is -0.356. The van der Waals surface area contributed by atoms with E-state index in [1.54, 1.807) is 19.1 Å². The third-order valence-electron chi connectivity index (χ3n) is 6.22. The van der Waals surface area contributed by atoms with Gasteiger partial charge in [0, 0.05) is 25.8 Å². The summed E-state index contributed by atoms with van der Waals surface area (Å²) in [4.78, 5) is 35.8. The predicted molar refractivity (Wildman–Crippen MR) is 104 cm³/mol. The number of carbonyl (C=O) groups is 3. The molecule has 1 aromatic rings. The van der Waals surface area contributed by atoms with Crippen LogP contribution in [0.5, 0.6) is 0 Å². The van der Waals surface area contributed by atoms with E-state index in [1.807, 2.05) is 12.1 Å². The van der Waals surface area contributed by atoms with Crippen LogP contribution in [0.3, 0.4) is 0 Å². The van der Waals surface area contributed by atoms with Gasteiger partial charge in [-0.3, -0.25) is 14.9 Å². The molecule has 156 valence electrons. The maximum Gasteiger partial charge on any atom is 0.322 e. The van der Waals surface area contributed by atoms with Gasteiger partial charge in [0.05, 0.1) is 13.2 Å². The Morgan fingerprint density at radius 3 is 2.38 bits per heavy atom. The van der Waals surface area contributed by atoms with Crippen LogP contribution in [-0.2, 0) is 31.1 Å². The highest BCUT2D eigenvalue weighted by atomic mass is 16.7. The first kappa shape index (κ1) is 19.8. The molecule has 1 saturated carbocycles. The van der Waals surface area contributed by atoms with Crippen LogP contribution in [0, 0.1) is 5.92 Å². The fourth-order valence-electron chi connectivity index (χ4n) is 4.34. The number of carbonyl (C=O) groups excluding carboxylic acids is 3. The highest BCUT2D eigenvalue weighted by Gasteiger charge is 2.43. The Morgan fingerprint density at radius 2 is 1.79 bits per heavy atom. The number of nitrogens with one attached hydrogen (secondary N) is 3. The quantitative estimate of drug-likeness (QED) is 0.651. The molecule has 4 amide bonds. The predicted octanol–water partition coefficient (Wildman–Crippen LogP) is 1.68. The maximum atomic E-state index is 12.3. The Bertz CT molecular complexity index is 793. The topological polar surface area (TPSA) is 106 Å². The molecule has 1 spiro atoms. The molecule has 3 aliphatic rings. The van der Waals surface area contributed by atoms with Crippen molar-refractivity contribution in [2.75, 3.05) is 13.2 Å². The Kier molecular flexibility index (Phi) is 5.31. The average molecular weight is 401 g/mol. The van der Waals surface area contributed by atoms with E-state index >= 15 is 0 Å². The number of ether oxygens (including phenoxy) is 2. The third-order valence-corrected chi connectivity index (χ3v) is 6.22. The second-order valence-corrected chi connectivity index (χ2v) is 8.26. The molecule has 3 N–H and O–H groups in total. The van der Waals surface area contributed by atoms with E-state index < -0.39 is 11.6 Å². The zero-order chi connectivity index (χ0) is 20.5. The van der Waals surface area contributed by atoms with E-state index in [4.69, 9.17) is 9.47 Å². The van der Waals surface area contributed by atoms with Gasteiger partial charge < -0.3 is 20.1 Å². The number of benzene rings is 1. The fourth-order valence-corrected chi connectivity index (χ4v) is 4.34. The van der Waals surface area contributed by atoms with E-state index in [-0.39, 0.29) is 17.6 Å². The van der Waals surface area contributed by atoms with Crippen LogP contribution in [0.2, 0.25) is 0 Å². The van der Waals surface area contributed by atoms with Gasteiger partial charge in [-0.05, 0) is 36.8 Å². The molecule has 8 heteroatoms. The van der Waals surface area contributed by atoms with Crippen molar-refractivity contribution in [1.82, 2.24) is 16.0 Å². The maximum absolute atomic E-state index is 12.3. The summed E-state index contributed by atoms with van der Waals surface area (Å²) in [5.41, 5.74) is 0.568. The van der Waals surface area contributed by atoms with E-state index in [0.29, 0.717) is 37.7 Å². The minimum absolute atomic E-state index is 0.0395. The molecule has 3 fully saturated rings. The largest absolute Gasteiger partial charge is 0.352 e. The summed E-state index contributed by atoms with van der Waals surface area (Å²) < 4.78 is 11.5. The number of rotatable bonds is 5. The smallest absolute Gasteiger partial charge is 0.322 e. The SMILES string of the molecule is CC1(c2ccc(CNC(=O)CC3CCC4(CC3)OCCO4)cc2)NC(=O)NC1=O. The molecular weight excluding hydrogens is 374 g/mol. The fraction of sp³-hybridized carbons (Fsp3) is 0.571. The van der Waals surface area contributed by atoms with Crippen molar-refractivity contribution in [3.05, 3.63) is 35.4 Å². The first-order valence-corrected chi connectivity index (χ1v) is 10.2. The van der Waals surface area contributed by atoms with E-state index in [9.17, 15) is 14.4 Å². The van der Waals surface area contributed by atoms with Gasteiger partial charge in [-0.1, -0.05) is 24.3 Å². The van der Waals surface area contributed by atoms with Crippen molar-refractivity contribution in [2.45, 2.75) is 56.9 Å². The van der Waals surface area contributed by atoms with Crippen molar-refractivity contribution in [3.8, 4) is 0 Å². The minimum Gasteiger partial charge on any atom is -0.352 e. The molecule has 1 atom stereocenters. The minimum atomic E-state index is -1.07. The van der Waals surface area contributed by atoms with Gasteiger partial charge in [-0.15, -0.1) is 0 Å². The van der Waals surface area contributed by atoms with Crippen molar-refractivity contribution >= 4 is 17.8 Å².